The van der Waals surface area contributed by atoms with Crippen molar-refractivity contribution in [1.82, 2.24) is 5.16 Å². The van der Waals surface area contributed by atoms with E-state index in [1.54, 1.807) is 32.0 Å². The first-order valence-corrected chi connectivity index (χ1v) is 10.8. The third-order valence-corrected chi connectivity index (χ3v) is 5.20. The molecule has 3 rings (SSSR count). The maximum Gasteiger partial charge on any atom is 0.331 e. The fraction of sp³-hybridized carbons (Fsp3) is 0.240. The molecule has 2 aromatic carbocycles. The smallest absolute Gasteiger partial charge is 0.331 e. The lowest BCUT2D eigenvalue weighted by molar-refractivity contribution is -0.384. The van der Waals surface area contributed by atoms with E-state index in [0.29, 0.717) is 28.4 Å². The largest absolute Gasteiger partial charge is 0.493 e. The number of hydrogen-bond acceptors (Lipinski definition) is 9. The Balaban J connectivity index is 1.55. The van der Waals surface area contributed by atoms with Crippen LogP contribution in [0.3, 0.4) is 0 Å². The quantitative estimate of drug-likeness (QED) is 0.188. The number of hydrogen-bond donors (Lipinski definition) is 1. The topological polar surface area (TPSA) is 143 Å². The number of non-ortho nitro benzene ring substituents is 1. The number of carbonyl (C=O) groups excluding carboxylic acids is 2. The molecule has 3 aromatic rings. The first kappa shape index (κ1) is 25.9. The van der Waals surface area contributed by atoms with E-state index in [-0.39, 0.29) is 18.0 Å². The number of rotatable bonds is 10. The van der Waals surface area contributed by atoms with Gasteiger partial charge in [-0.25, -0.2) is 4.79 Å². The van der Waals surface area contributed by atoms with Gasteiger partial charge in [0.1, 0.15) is 12.4 Å². The second-order valence-corrected chi connectivity index (χ2v) is 7.75. The highest BCUT2D eigenvalue weighted by atomic mass is 16.6. The number of anilines is 1. The Bertz CT molecular complexity index is 1290. The molecule has 1 N–H and O–H groups in total. The van der Waals surface area contributed by atoms with Crippen molar-refractivity contribution in [2.24, 2.45) is 0 Å². The summed E-state index contributed by atoms with van der Waals surface area (Å²) in [5, 5.41) is 17.3. The minimum atomic E-state index is -0.737. The van der Waals surface area contributed by atoms with Gasteiger partial charge in [0.2, 0.25) is 0 Å². The van der Waals surface area contributed by atoms with Crippen molar-refractivity contribution in [1.29, 1.82) is 0 Å². The summed E-state index contributed by atoms with van der Waals surface area (Å²) in [4.78, 5) is 34.5. The van der Waals surface area contributed by atoms with Gasteiger partial charge in [-0.2, -0.15) is 0 Å². The Morgan fingerprint density at radius 1 is 1.14 bits per heavy atom. The minimum Gasteiger partial charge on any atom is -0.493 e. The molecule has 1 aromatic heterocycles. The molecule has 0 unspecified atom stereocenters. The molecule has 11 heteroatoms. The third kappa shape index (κ3) is 6.69. The fourth-order valence-corrected chi connectivity index (χ4v) is 3.16. The van der Waals surface area contributed by atoms with Crippen LogP contribution in [0, 0.1) is 30.9 Å². The third-order valence-electron chi connectivity index (χ3n) is 5.20. The lowest BCUT2D eigenvalue weighted by Crippen LogP contribution is -2.20. The number of methoxy groups -OCH3 is 1. The molecule has 0 atom stereocenters. The van der Waals surface area contributed by atoms with E-state index >= 15 is 0 Å². The van der Waals surface area contributed by atoms with Crippen LogP contribution in [0.4, 0.5) is 11.4 Å². The van der Waals surface area contributed by atoms with Crippen molar-refractivity contribution in [3.8, 4) is 11.5 Å². The highest BCUT2D eigenvalue weighted by Gasteiger charge is 2.13. The number of benzene rings is 2. The molecule has 0 bridgehead atoms. The molecule has 188 valence electrons. The lowest BCUT2D eigenvalue weighted by atomic mass is 10.2. The van der Waals surface area contributed by atoms with E-state index in [4.69, 9.17) is 18.7 Å². The maximum atomic E-state index is 12.1. The zero-order chi connectivity index (χ0) is 26.2. The highest BCUT2D eigenvalue weighted by molar-refractivity contribution is 5.95. The molecule has 1 amide bonds. The molecular formula is C25H25N3O8. The minimum absolute atomic E-state index is 0.161. The molecular weight excluding hydrogens is 470 g/mol. The molecule has 0 spiro atoms. The van der Waals surface area contributed by atoms with Gasteiger partial charge in [0.05, 0.1) is 29.0 Å². The Morgan fingerprint density at radius 2 is 1.92 bits per heavy atom. The van der Waals surface area contributed by atoms with Crippen LogP contribution < -0.4 is 14.8 Å². The molecule has 0 saturated heterocycles. The van der Waals surface area contributed by atoms with Crippen molar-refractivity contribution in [2.75, 3.05) is 19.0 Å². The van der Waals surface area contributed by atoms with Crippen LogP contribution in [0.15, 0.2) is 47.0 Å². The number of aromatic nitrogens is 1. The van der Waals surface area contributed by atoms with Gasteiger partial charge in [0, 0.05) is 18.2 Å². The van der Waals surface area contributed by atoms with E-state index < -0.39 is 23.4 Å². The van der Waals surface area contributed by atoms with Crippen LogP contribution in [0.2, 0.25) is 0 Å². The average Bonchev–Trinajstić information content (AvgIpc) is 3.18. The van der Waals surface area contributed by atoms with Gasteiger partial charge in [0.25, 0.3) is 11.6 Å². The molecule has 0 fully saturated rings. The Labute approximate surface area is 206 Å². The van der Waals surface area contributed by atoms with Crippen LogP contribution in [-0.2, 0) is 20.9 Å². The molecule has 0 aliphatic heterocycles. The number of aryl methyl sites for hydroxylation is 3. The van der Waals surface area contributed by atoms with Crippen molar-refractivity contribution in [2.45, 2.75) is 27.4 Å². The van der Waals surface area contributed by atoms with Crippen molar-refractivity contribution in [3.05, 3.63) is 80.7 Å². The van der Waals surface area contributed by atoms with Crippen LogP contribution in [0.25, 0.3) is 6.08 Å². The highest BCUT2D eigenvalue weighted by Crippen LogP contribution is 2.30. The van der Waals surface area contributed by atoms with E-state index in [0.717, 1.165) is 11.3 Å². The van der Waals surface area contributed by atoms with Gasteiger partial charge in [0.15, 0.2) is 18.1 Å². The Kier molecular flexibility index (Phi) is 8.39. The summed E-state index contributed by atoms with van der Waals surface area (Å²) in [7, 11) is 1.50. The van der Waals surface area contributed by atoms with E-state index in [1.165, 1.54) is 37.5 Å². The molecule has 0 aliphatic carbocycles. The van der Waals surface area contributed by atoms with Crippen LogP contribution in [0.5, 0.6) is 11.5 Å². The zero-order valence-corrected chi connectivity index (χ0v) is 20.2. The van der Waals surface area contributed by atoms with Gasteiger partial charge < -0.3 is 24.1 Å². The predicted molar refractivity (Wildman–Crippen MR) is 130 cm³/mol. The number of nitrogens with one attached hydrogen (secondary N) is 1. The normalized spacial score (nSPS) is 10.8. The van der Waals surface area contributed by atoms with Crippen LogP contribution >= 0.6 is 0 Å². The fourth-order valence-electron chi connectivity index (χ4n) is 3.16. The summed E-state index contributed by atoms with van der Waals surface area (Å²) in [6, 6.07) is 9.21. The zero-order valence-electron chi connectivity index (χ0n) is 20.2. The average molecular weight is 495 g/mol. The van der Waals surface area contributed by atoms with E-state index in [9.17, 15) is 19.7 Å². The second-order valence-electron chi connectivity index (χ2n) is 7.75. The lowest BCUT2D eigenvalue weighted by Gasteiger charge is -2.11. The summed E-state index contributed by atoms with van der Waals surface area (Å²) >= 11 is 0. The van der Waals surface area contributed by atoms with E-state index in [1.807, 2.05) is 6.92 Å². The maximum absolute atomic E-state index is 12.1. The first-order chi connectivity index (χ1) is 17.2. The van der Waals surface area contributed by atoms with Crippen molar-refractivity contribution >= 4 is 29.3 Å². The summed E-state index contributed by atoms with van der Waals surface area (Å²) in [5.74, 6) is 0.285. The number of nitrogens with zero attached hydrogens (tertiary/aromatic N) is 2. The number of nitro groups is 1. The number of amides is 1. The van der Waals surface area contributed by atoms with Gasteiger partial charge >= 0.3 is 5.97 Å². The summed E-state index contributed by atoms with van der Waals surface area (Å²) in [6.07, 6.45) is 2.68. The van der Waals surface area contributed by atoms with Crippen molar-refractivity contribution < 1.29 is 33.2 Å². The monoisotopic (exact) mass is 495 g/mol. The molecule has 0 saturated carbocycles. The number of esters is 1. The molecule has 11 nitrogen and oxygen atoms in total. The van der Waals surface area contributed by atoms with Crippen LogP contribution in [-0.4, -0.2) is 35.7 Å². The number of nitro benzene ring substituents is 1. The van der Waals surface area contributed by atoms with Gasteiger partial charge in [-0.3, -0.25) is 14.9 Å². The molecule has 36 heavy (non-hydrogen) atoms. The van der Waals surface area contributed by atoms with Crippen molar-refractivity contribution in [3.63, 3.8) is 0 Å². The molecule has 0 radical (unpaired) electrons. The Morgan fingerprint density at radius 3 is 2.58 bits per heavy atom. The van der Waals surface area contributed by atoms with Gasteiger partial charge in [-0.15, -0.1) is 0 Å². The van der Waals surface area contributed by atoms with Gasteiger partial charge in [-0.1, -0.05) is 17.3 Å². The molecule has 0 aliphatic rings. The van der Waals surface area contributed by atoms with Crippen LogP contribution in [0.1, 0.15) is 28.1 Å². The summed E-state index contributed by atoms with van der Waals surface area (Å²) in [6.45, 7) is 5.04. The Hall–Kier alpha value is -4.67. The van der Waals surface area contributed by atoms with E-state index in [2.05, 4.69) is 10.5 Å². The predicted octanol–water partition coefficient (Wildman–Crippen LogP) is 4.29. The second kappa shape index (κ2) is 11.6. The number of ether oxygens (including phenoxy) is 3. The molecule has 1 heterocycles. The van der Waals surface area contributed by atoms with Gasteiger partial charge in [-0.05, 0) is 50.1 Å². The standard InChI is InChI=1S/C25H25N3O8/c1-15-5-8-19(28(31)32)12-21(15)26-24(29)14-35-25(30)10-7-18-6-9-22(23(11-18)33-4)34-13-20-16(2)27-36-17(20)3/h5-12H,13-14H2,1-4H3,(H,26,29)/b10-7+. The summed E-state index contributed by atoms with van der Waals surface area (Å²) < 4.78 is 21.3. The first-order valence-electron chi connectivity index (χ1n) is 10.8. The summed E-state index contributed by atoms with van der Waals surface area (Å²) in [5.41, 5.74) is 2.99. The SMILES string of the molecule is COc1cc(/C=C/C(=O)OCC(=O)Nc2cc([N+](=O)[O-])ccc2C)ccc1OCc1c(C)noc1C. The number of carbonyl (C=O) groups is 2.